The van der Waals surface area contributed by atoms with Gasteiger partial charge in [-0.2, -0.15) is 0 Å². The average Bonchev–Trinajstić information content (AvgIpc) is 2.26. The molecule has 1 saturated heterocycles. The number of rotatable bonds is 1. The van der Waals surface area contributed by atoms with Gasteiger partial charge in [0.05, 0.1) is 11.8 Å². The van der Waals surface area contributed by atoms with E-state index in [9.17, 15) is 5.11 Å². The van der Waals surface area contributed by atoms with Gasteiger partial charge >= 0.3 is 0 Å². The second-order valence-electron chi connectivity index (χ2n) is 4.33. The van der Waals surface area contributed by atoms with Crippen molar-refractivity contribution in [3.05, 3.63) is 17.3 Å². The number of hydrogen-bond donors (Lipinski definition) is 2. The van der Waals surface area contributed by atoms with Gasteiger partial charge in [-0.05, 0) is 24.5 Å². The lowest BCUT2D eigenvalue weighted by Gasteiger charge is -2.35. The highest BCUT2D eigenvalue weighted by Gasteiger charge is 2.25. The smallest absolute Gasteiger partial charge is 0.153 e. The van der Waals surface area contributed by atoms with Crippen LogP contribution in [-0.4, -0.2) is 29.3 Å². The summed E-state index contributed by atoms with van der Waals surface area (Å²) in [5, 5.41) is 10.1. The van der Waals surface area contributed by atoms with Crippen molar-refractivity contribution < 1.29 is 5.11 Å². The maximum atomic E-state index is 9.66. The summed E-state index contributed by atoms with van der Waals surface area (Å²) in [5.74, 6) is 0.959. The number of nitrogen functional groups attached to an aromatic ring is 1. The first-order valence-corrected chi connectivity index (χ1v) is 5.80. The largest absolute Gasteiger partial charge is 0.396 e. The number of aromatic nitrogens is 1. The van der Waals surface area contributed by atoms with Gasteiger partial charge in [0.1, 0.15) is 5.15 Å². The molecule has 0 spiro atoms. The molecule has 5 heteroatoms. The van der Waals surface area contributed by atoms with Crippen molar-refractivity contribution in [3.63, 3.8) is 0 Å². The molecule has 88 valence electrons. The maximum absolute atomic E-state index is 9.66. The van der Waals surface area contributed by atoms with Gasteiger partial charge in [0, 0.05) is 13.1 Å². The fourth-order valence-electron chi connectivity index (χ4n) is 2.01. The molecule has 4 nitrogen and oxygen atoms in total. The topological polar surface area (TPSA) is 62.4 Å². The monoisotopic (exact) mass is 241 g/mol. The summed E-state index contributed by atoms with van der Waals surface area (Å²) < 4.78 is 0. The number of halogens is 1. The highest BCUT2D eigenvalue weighted by molar-refractivity contribution is 6.29. The lowest BCUT2D eigenvalue weighted by molar-refractivity contribution is 0.0969. The molecular formula is C11H16ClN3O. The predicted molar refractivity (Wildman–Crippen MR) is 65.7 cm³/mol. The van der Waals surface area contributed by atoms with Crippen molar-refractivity contribution >= 4 is 23.1 Å². The van der Waals surface area contributed by atoms with E-state index < -0.39 is 0 Å². The average molecular weight is 242 g/mol. The molecule has 0 amide bonds. The van der Waals surface area contributed by atoms with Gasteiger partial charge < -0.3 is 15.7 Å². The molecule has 1 aliphatic heterocycles. The molecule has 16 heavy (non-hydrogen) atoms. The third-order valence-electron chi connectivity index (χ3n) is 3.03. The molecule has 2 unspecified atom stereocenters. The van der Waals surface area contributed by atoms with Gasteiger partial charge in [-0.3, -0.25) is 0 Å². The Morgan fingerprint density at radius 2 is 2.31 bits per heavy atom. The lowest BCUT2D eigenvalue weighted by Crippen LogP contribution is -2.42. The second kappa shape index (κ2) is 4.47. The number of hydrogen-bond acceptors (Lipinski definition) is 4. The van der Waals surface area contributed by atoms with Crippen LogP contribution in [0.1, 0.15) is 13.3 Å². The highest BCUT2D eigenvalue weighted by atomic mass is 35.5. The number of aliphatic hydroxyl groups excluding tert-OH is 1. The Morgan fingerprint density at radius 1 is 1.56 bits per heavy atom. The van der Waals surface area contributed by atoms with E-state index in [2.05, 4.69) is 9.88 Å². The van der Waals surface area contributed by atoms with Crippen molar-refractivity contribution in [2.75, 3.05) is 23.7 Å². The van der Waals surface area contributed by atoms with Crippen LogP contribution in [0.2, 0.25) is 5.15 Å². The normalized spacial score (nSPS) is 25.8. The van der Waals surface area contributed by atoms with Crippen LogP contribution in [0.15, 0.2) is 12.1 Å². The summed E-state index contributed by atoms with van der Waals surface area (Å²) in [7, 11) is 0. The van der Waals surface area contributed by atoms with Crippen LogP contribution in [0.5, 0.6) is 0 Å². The number of anilines is 2. The molecule has 0 aromatic carbocycles. The standard InChI is InChI=1S/C11H16ClN3O/c1-7-6-15(5-4-9(7)16)11-8(13)2-3-10(12)14-11/h2-3,7,9,16H,4-6,13H2,1H3. The first-order valence-electron chi connectivity index (χ1n) is 5.43. The number of pyridine rings is 1. The fraction of sp³-hybridized carbons (Fsp3) is 0.545. The quantitative estimate of drug-likeness (QED) is 0.732. The van der Waals surface area contributed by atoms with Gasteiger partial charge in [-0.15, -0.1) is 0 Å². The minimum Gasteiger partial charge on any atom is -0.396 e. The number of nitrogens with two attached hydrogens (primary N) is 1. The summed E-state index contributed by atoms with van der Waals surface area (Å²) in [6, 6.07) is 3.45. The minimum atomic E-state index is -0.225. The van der Waals surface area contributed by atoms with E-state index in [0.717, 1.165) is 25.3 Å². The lowest BCUT2D eigenvalue weighted by atomic mass is 9.97. The summed E-state index contributed by atoms with van der Waals surface area (Å²) in [6.45, 7) is 3.55. The molecular weight excluding hydrogens is 226 g/mol. The molecule has 0 aliphatic carbocycles. The first kappa shape index (κ1) is 11.5. The van der Waals surface area contributed by atoms with Crippen LogP contribution in [0.4, 0.5) is 11.5 Å². The number of nitrogens with zero attached hydrogens (tertiary/aromatic N) is 2. The van der Waals surface area contributed by atoms with Crippen LogP contribution in [0, 0.1) is 5.92 Å². The Kier molecular flexibility index (Phi) is 3.21. The summed E-state index contributed by atoms with van der Waals surface area (Å²) in [5.41, 5.74) is 6.51. The Balaban J connectivity index is 2.21. The molecule has 1 aliphatic rings. The Bertz CT molecular complexity index is 385. The first-order chi connectivity index (χ1) is 7.58. The van der Waals surface area contributed by atoms with Gasteiger partial charge in [0.2, 0.25) is 0 Å². The number of piperidine rings is 1. The van der Waals surface area contributed by atoms with Crippen molar-refractivity contribution in [2.24, 2.45) is 5.92 Å². The van der Waals surface area contributed by atoms with E-state index >= 15 is 0 Å². The summed E-state index contributed by atoms with van der Waals surface area (Å²) in [4.78, 5) is 6.32. The second-order valence-corrected chi connectivity index (χ2v) is 4.71. The molecule has 2 atom stereocenters. The molecule has 1 fully saturated rings. The van der Waals surface area contributed by atoms with Crippen molar-refractivity contribution in [2.45, 2.75) is 19.4 Å². The molecule has 0 saturated carbocycles. The summed E-state index contributed by atoms with van der Waals surface area (Å²) in [6.07, 6.45) is 0.520. The van der Waals surface area contributed by atoms with Crippen LogP contribution in [-0.2, 0) is 0 Å². The minimum absolute atomic E-state index is 0.225. The molecule has 1 aromatic heterocycles. The van der Waals surface area contributed by atoms with E-state index in [0.29, 0.717) is 10.8 Å². The van der Waals surface area contributed by atoms with Gasteiger partial charge in [0.25, 0.3) is 0 Å². The SMILES string of the molecule is CC1CN(c2nc(Cl)ccc2N)CCC1O. The maximum Gasteiger partial charge on any atom is 0.153 e. The molecule has 0 radical (unpaired) electrons. The zero-order chi connectivity index (χ0) is 11.7. The van der Waals surface area contributed by atoms with Crippen LogP contribution >= 0.6 is 11.6 Å². The van der Waals surface area contributed by atoms with Crippen LogP contribution in [0.3, 0.4) is 0 Å². The van der Waals surface area contributed by atoms with Crippen molar-refractivity contribution in [3.8, 4) is 0 Å². The van der Waals surface area contributed by atoms with Gasteiger partial charge in [-0.25, -0.2) is 4.98 Å². The Morgan fingerprint density at radius 3 is 3.00 bits per heavy atom. The van der Waals surface area contributed by atoms with Crippen molar-refractivity contribution in [1.82, 2.24) is 4.98 Å². The van der Waals surface area contributed by atoms with Gasteiger partial charge in [-0.1, -0.05) is 18.5 Å². The molecule has 2 rings (SSSR count). The third-order valence-corrected chi connectivity index (χ3v) is 3.24. The van der Waals surface area contributed by atoms with E-state index in [-0.39, 0.29) is 12.0 Å². The van der Waals surface area contributed by atoms with Crippen LogP contribution in [0.25, 0.3) is 0 Å². The van der Waals surface area contributed by atoms with Crippen LogP contribution < -0.4 is 10.6 Å². The predicted octanol–water partition coefficient (Wildman–Crippen LogP) is 1.52. The fourth-order valence-corrected chi connectivity index (χ4v) is 2.16. The summed E-state index contributed by atoms with van der Waals surface area (Å²) >= 11 is 5.86. The van der Waals surface area contributed by atoms with E-state index in [4.69, 9.17) is 17.3 Å². The highest BCUT2D eigenvalue weighted by Crippen LogP contribution is 2.27. The van der Waals surface area contributed by atoms with E-state index in [1.165, 1.54) is 0 Å². The van der Waals surface area contributed by atoms with E-state index in [1.807, 2.05) is 6.92 Å². The Hall–Kier alpha value is -1.00. The third kappa shape index (κ3) is 2.23. The zero-order valence-electron chi connectivity index (χ0n) is 9.23. The van der Waals surface area contributed by atoms with Crippen molar-refractivity contribution in [1.29, 1.82) is 0 Å². The van der Waals surface area contributed by atoms with Gasteiger partial charge in [0.15, 0.2) is 5.82 Å². The zero-order valence-corrected chi connectivity index (χ0v) is 9.98. The number of aliphatic hydroxyl groups is 1. The molecule has 1 aromatic rings. The molecule has 0 bridgehead atoms. The molecule has 3 N–H and O–H groups in total. The Labute approximate surface area is 100 Å². The molecule has 2 heterocycles. The van der Waals surface area contributed by atoms with E-state index in [1.54, 1.807) is 12.1 Å².